The number of ether oxygens (including phenoxy) is 1. The Hall–Kier alpha value is -1.35. The van der Waals surface area contributed by atoms with Crippen molar-refractivity contribution in [3.8, 4) is 22.9 Å². The number of hydrogen-bond acceptors (Lipinski definition) is 6. The van der Waals surface area contributed by atoms with Crippen molar-refractivity contribution in [1.82, 2.24) is 0 Å². The van der Waals surface area contributed by atoms with E-state index in [0.29, 0.717) is 12.2 Å². The third-order valence-corrected chi connectivity index (χ3v) is 23.5. The molecule has 0 fully saturated rings. The molecule has 0 unspecified atom stereocenters. The van der Waals surface area contributed by atoms with Crippen LogP contribution in [0.2, 0.25) is 78.1 Å². The lowest BCUT2D eigenvalue weighted by atomic mass is 10.0. The summed E-state index contributed by atoms with van der Waals surface area (Å²) >= 11 is 0. The predicted molar refractivity (Wildman–Crippen MR) is 169 cm³/mol. The summed E-state index contributed by atoms with van der Waals surface area (Å²) < 4.78 is 32.3. The number of hydrogen-bond donors (Lipinski definition) is 0. The Morgan fingerprint density at radius 3 is 1.53 bits per heavy atom. The normalized spacial score (nSPS) is 13.3. The first-order valence-corrected chi connectivity index (χ1v) is 28.3. The lowest BCUT2D eigenvalue weighted by Crippen LogP contribution is -2.58. The van der Waals surface area contributed by atoms with Gasteiger partial charge in [-0.3, -0.25) is 0 Å². The van der Waals surface area contributed by atoms with Crippen molar-refractivity contribution < 1.29 is 21.2 Å². The maximum atomic E-state index is 8.97. The molecular weight excluding hydrogens is 559 g/mol. The van der Waals surface area contributed by atoms with Gasteiger partial charge in [0.1, 0.15) is 5.75 Å². The van der Waals surface area contributed by atoms with Gasteiger partial charge in [-0.15, -0.1) is 0 Å². The molecule has 0 aliphatic carbocycles. The van der Waals surface area contributed by atoms with Crippen LogP contribution < -0.4 is 4.74 Å². The van der Waals surface area contributed by atoms with Crippen molar-refractivity contribution in [3.63, 3.8) is 0 Å². The van der Waals surface area contributed by atoms with Crippen LogP contribution in [0.3, 0.4) is 0 Å². The standard InChI is InChI=1S/C27H47NO5Si5/c1-34(2,3)30-36(6,7)32-38(10,11)33-37(8,9)31-35(4,5)22-12-21-29-27-19-17-26(18-20-27)25-15-13-24(23-28)14-16-25/h13-20H,12,21-22H2,1-11H3. The van der Waals surface area contributed by atoms with Gasteiger partial charge in [-0.25, -0.2) is 0 Å². The molecule has 38 heavy (non-hydrogen) atoms. The number of nitriles is 1. The van der Waals surface area contributed by atoms with E-state index in [1.165, 1.54) is 0 Å². The van der Waals surface area contributed by atoms with E-state index in [0.717, 1.165) is 29.3 Å². The summed E-state index contributed by atoms with van der Waals surface area (Å²) in [5.41, 5.74) is 2.85. The zero-order valence-corrected chi connectivity index (χ0v) is 30.2. The average Bonchev–Trinajstić information content (AvgIpc) is 2.73. The fourth-order valence-corrected chi connectivity index (χ4v) is 28.6. The van der Waals surface area contributed by atoms with E-state index in [1.54, 1.807) is 0 Å². The lowest BCUT2D eigenvalue weighted by Gasteiger charge is -2.42. The first-order valence-electron chi connectivity index (χ1n) is 13.3. The van der Waals surface area contributed by atoms with Gasteiger partial charge in [0.15, 0.2) is 16.6 Å². The minimum atomic E-state index is -2.41. The van der Waals surface area contributed by atoms with E-state index < -0.39 is 42.3 Å². The largest absolute Gasteiger partial charge is 0.494 e. The van der Waals surface area contributed by atoms with E-state index in [4.69, 9.17) is 26.5 Å². The summed E-state index contributed by atoms with van der Waals surface area (Å²) in [5, 5.41) is 8.97. The zero-order chi connectivity index (χ0) is 28.8. The summed E-state index contributed by atoms with van der Waals surface area (Å²) in [6, 6.07) is 18.9. The van der Waals surface area contributed by atoms with Crippen molar-refractivity contribution in [3.05, 3.63) is 54.1 Å². The van der Waals surface area contributed by atoms with Crippen molar-refractivity contribution in [1.29, 1.82) is 5.26 Å². The molecule has 0 aromatic heterocycles. The Kier molecular flexibility index (Phi) is 11.1. The summed E-state index contributed by atoms with van der Waals surface area (Å²) in [7, 11) is -10.7. The molecule has 0 bridgehead atoms. The van der Waals surface area contributed by atoms with Gasteiger partial charge >= 0.3 is 25.7 Å². The molecular formula is C27H47NO5Si5. The van der Waals surface area contributed by atoms with Gasteiger partial charge in [-0.05, 0) is 120 Å². The van der Waals surface area contributed by atoms with E-state index in [2.05, 4.69) is 90.2 Å². The summed E-state index contributed by atoms with van der Waals surface area (Å²) in [4.78, 5) is 0. The average molecular weight is 606 g/mol. The molecule has 0 aliphatic rings. The second kappa shape index (κ2) is 12.9. The highest BCUT2D eigenvalue weighted by molar-refractivity contribution is 6.90. The van der Waals surface area contributed by atoms with Crippen LogP contribution in [0.4, 0.5) is 0 Å². The maximum Gasteiger partial charge on any atom is 0.314 e. The van der Waals surface area contributed by atoms with Crippen molar-refractivity contribution >= 4 is 42.3 Å². The van der Waals surface area contributed by atoms with E-state index in [-0.39, 0.29) is 0 Å². The second-order valence-electron chi connectivity index (χ2n) is 12.6. The molecule has 6 nitrogen and oxygen atoms in total. The highest BCUT2D eigenvalue weighted by Crippen LogP contribution is 2.28. The van der Waals surface area contributed by atoms with Gasteiger partial charge in [0, 0.05) is 0 Å². The predicted octanol–water partition coefficient (Wildman–Crippen LogP) is 8.21. The van der Waals surface area contributed by atoms with Gasteiger partial charge in [0.25, 0.3) is 0 Å². The molecule has 11 heteroatoms. The Morgan fingerprint density at radius 2 is 1.05 bits per heavy atom. The Balaban J connectivity index is 1.83. The molecule has 0 saturated carbocycles. The monoisotopic (exact) mass is 605 g/mol. The molecule has 0 heterocycles. The fraction of sp³-hybridized carbons (Fsp3) is 0.519. The summed E-state index contributed by atoms with van der Waals surface area (Å²) in [5.74, 6) is 0.859. The van der Waals surface area contributed by atoms with E-state index in [1.807, 2.05) is 36.4 Å². The van der Waals surface area contributed by atoms with Crippen LogP contribution in [-0.2, 0) is 16.5 Å². The van der Waals surface area contributed by atoms with E-state index >= 15 is 0 Å². The van der Waals surface area contributed by atoms with Crippen LogP contribution in [0.1, 0.15) is 12.0 Å². The molecule has 0 aliphatic heterocycles. The maximum absolute atomic E-state index is 8.97. The van der Waals surface area contributed by atoms with Crippen molar-refractivity contribution in [2.24, 2.45) is 0 Å². The first-order chi connectivity index (χ1) is 17.3. The van der Waals surface area contributed by atoms with Crippen LogP contribution in [-0.4, -0.2) is 48.9 Å². The van der Waals surface area contributed by atoms with Gasteiger partial charge in [0.05, 0.1) is 18.2 Å². The van der Waals surface area contributed by atoms with E-state index in [9.17, 15) is 0 Å². The molecule has 0 N–H and O–H groups in total. The molecule has 2 aromatic carbocycles. The van der Waals surface area contributed by atoms with Gasteiger partial charge < -0.3 is 21.2 Å². The van der Waals surface area contributed by atoms with Crippen LogP contribution >= 0.6 is 0 Å². The molecule has 2 aromatic rings. The smallest absolute Gasteiger partial charge is 0.314 e. The molecule has 0 amide bonds. The highest BCUT2D eigenvalue weighted by Gasteiger charge is 2.45. The Morgan fingerprint density at radius 1 is 0.605 bits per heavy atom. The second-order valence-corrected chi connectivity index (χ2v) is 32.6. The quantitative estimate of drug-likeness (QED) is 0.160. The topological polar surface area (TPSA) is 69.9 Å². The SMILES string of the molecule is C[Si](C)(C)O[Si](C)(C)O[Si](C)(C)O[Si](C)(C)O[Si](C)(C)CCCOc1ccc(-c2ccc(C#N)cc2)cc1. The Bertz CT molecular complexity index is 1080. The third-order valence-electron chi connectivity index (χ3n) is 5.45. The minimum absolute atomic E-state index is 0.649. The zero-order valence-electron chi connectivity index (χ0n) is 25.2. The highest BCUT2D eigenvalue weighted by atomic mass is 28.5. The minimum Gasteiger partial charge on any atom is -0.494 e. The van der Waals surface area contributed by atoms with Crippen LogP contribution in [0.5, 0.6) is 5.75 Å². The third kappa shape index (κ3) is 12.2. The van der Waals surface area contributed by atoms with Gasteiger partial charge in [-0.1, -0.05) is 24.3 Å². The molecule has 2 rings (SSSR count). The van der Waals surface area contributed by atoms with Crippen LogP contribution in [0.25, 0.3) is 11.1 Å². The van der Waals surface area contributed by atoms with Crippen molar-refractivity contribution in [2.45, 2.75) is 84.5 Å². The molecule has 0 atom stereocenters. The fourth-order valence-electron chi connectivity index (χ4n) is 4.87. The van der Waals surface area contributed by atoms with Crippen molar-refractivity contribution in [2.75, 3.05) is 6.61 Å². The van der Waals surface area contributed by atoms with Crippen LogP contribution in [0.15, 0.2) is 48.5 Å². The lowest BCUT2D eigenvalue weighted by molar-refractivity contribution is 0.295. The molecule has 0 spiro atoms. The molecule has 0 saturated heterocycles. The van der Waals surface area contributed by atoms with Gasteiger partial charge in [-0.2, -0.15) is 5.26 Å². The van der Waals surface area contributed by atoms with Crippen LogP contribution in [0, 0.1) is 11.3 Å². The van der Waals surface area contributed by atoms with Gasteiger partial charge in [0.2, 0.25) is 0 Å². The first kappa shape index (κ1) is 32.9. The molecule has 0 radical (unpaired) electrons. The number of benzene rings is 2. The Labute approximate surface area is 236 Å². The molecule has 210 valence electrons. The number of nitrogens with zero attached hydrogens (tertiary/aromatic N) is 1. The summed E-state index contributed by atoms with van der Waals surface area (Å²) in [6.45, 7) is 24.5. The number of rotatable bonds is 14. The summed E-state index contributed by atoms with van der Waals surface area (Å²) in [6.07, 6.45) is 0.933.